The Morgan fingerprint density at radius 1 is 0.717 bits per heavy atom. The van der Waals surface area contributed by atoms with Crippen molar-refractivity contribution in [3.05, 3.63) is 52.1 Å². The standard InChI is InChI=1S/C43H56O17/c1-18-25(44)8-10-32(55-18)60-43-30(46)16-41(5,52)17-42(43,53)13-12-24-35(43)40(51)23-7-6-22(38(49)34(23)39(24)50)28-15-29(37(48)21(4)54-28)59-31-11-9-27(19(2)56-31)58-33-14-26(45)36(47)20(3)57-33/h6-7,12-13,18-21,25-29,31-33,36-37,44-45,47-49,52-53H,8-11,14-17H2,1-5H3/t18-,19-,20+,21+,25-,26+,27-,28?,29+,31-,32-,33-,36+,37+,41-,42-,43-/m0/s1. The highest BCUT2D eigenvalue weighted by atomic mass is 16.7. The number of fused-ring (bicyclic) bond motifs is 3. The highest BCUT2D eigenvalue weighted by Gasteiger charge is 2.69. The summed E-state index contributed by atoms with van der Waals surface area (Å²) in [5.74, 6) is -3.03. The van der Waals surface area contributed by atoms with Gasteiger partial charge in [-0.1, -0.05) is 12.1 Å². The highest BCUT2D eigenvalue weighted by molar-refractivity contribution is 6.32. The van der Waals surface area contributed by atoms with Crippen molar-refractivity contribution < 1.29 is 83.3 Å². The van der Waals surface area contributed by atoms with Crippen LogP contribution < -0.4 is 0 Å². The third kappa shape index (κ3) is 7.42. The van der Waals surface area contributed by atoms with Gasteiger partial charge in [0.1, 0.15) is 23.6 Å². The molecule has 1 aromatic rings. The molecule has 7 N–H and O–H groups in total. The smallest absolute Gasteiger partial charge is 0.198 e. The molecule has 60 heavy (non-hydrogen) atoms. The van der Waals surface area contributed by atoms with Gasteiger partial charge in [0.05, 0.1) is 71.7 Å². The number of rotatable bonds is 7. The van der Waals surface area contributed by atoms with Crippen molar-refractivity contribution in [1.29, 1.82) is 0 Å². The van der Waals surface area contributed by atoms with Crippen molar-refractivity contribution in [3.8, 4) is 5.75 Å². The van der Waals surface area contributed by atoms with E-state index in [1.807, 2.05) is 6.92 Å². The third-order valence-corrected chi connectivity index (χ3v) is 13.3. The Morgan fingerprint density at radius 3 is 2.08 bits per heavy atom. The largest absolute Gasteiger partial charge is 0.507 e. The average Bonchev–Trinajstić information content (AvgIpc) is 3.17. The highest BCUT2D eigenvalue weighted by Crippen LogP contribution is 2.55. The second-order valence-corrected chi connectivity index (χ2v) is 17.9. The van der Waals surface area contributed by atoms with Gasteiger partial charge < -0.3 is 68.9 Å². The monoisotopic (exact) mass is 844 g/mol. The van der Waals surface area contributed by atoms with Crippen LogP contribution in [0.5, 0.6) is 5.75 Å². The molecule has 0 amide bonds. The summed E-state index contributed by atoms with van der Waals surface area (Å²) in [5.41, 5.74) is -7.56. The van der Waals surface area contributed by atoms with Gasteiger partial charge in [-0.25, -0.2) is 0 Å². The summed E-state index contributed by atoms with van der Waals surface area (Å²) < 4.78 is 42.7. The molecule has 3 aliphatic carbocycles. The topological polar surface area (TPSA) is 257 Å². The predicted octanol–water partition coefficient (Wildman–Crippen LogP) is 1.49. The molecule has 1 unspecified atom stereocenters. The molecular formula is C43H56O17. The maximum Gasteiger partial charge on any atom is 0.198 e. The van der Waals surface area contributed by atoms with Crippen molar-refractivity contribution in [3.63, 3.8) is 0 Å². The Kier molecular flexibility index (Phi) is 11.6. The summed E-state index contributed by atoms with van der Waals surface area (Å²) in [4.78, 5) is 43.5. The van der Waals surface area contributed by atoms with Gasteiger partial charge in [-0.15, -0.1) is 0 Å². The minimum atomic E-state index is -2.47. The Morgan fingerprint density at radius 2 is 1.38 bits per heavy atom. The van der Waals surface area contributed by atoms with Gasteiger partial charge in [0, 0.05) is 55.2 Å². The number of Topliss-reactive ketones (excluding diaryl/α,β-unsaturated/α-hetero) is 3. The van der Waals surface area contributed by atoms with Gasteiger partial charge in [0.15, 0.2) is 41.8 Å². The number of phenolic OH excluding ortho intramolecular Hbond substituents is 1. The van der Waals surface area contributed by atoms with Crippen LogP contribution in [0, 0.1) is 0 Å². The van der Waals surface area contributed by atoms with Gasteiger partial charge in [0.2, 0.25) is 0 Å². The van der Waals surface area contributed by atoms with E-state index < -0.39 is 144 Å². The second kappa shape index (κ2) is 16.0. The van der Waals surface area contributed by atoms with E-state index >= 15 is 0 Å². The van der Waals surface area contributed by atoms with Crippen molar-refractivity contribution in [2.75, 3.05) is 0 Å². The fourth-order valence-corrected chi connectivity index (χ4v) is 10.1. The molecule has 1 saturated carbocycles. The number of ketones is 3. The van der Waals surface area contributed by atoms with E-state index in [-0.39, 0.29) is 47.9 Å². The number of aliphatic hydroxyl groups excluding tert-OH is 4. The van der Waals surface area contributed by atoms with Crippen molar-refractivity contribution >= 4 is 17.3 Å². The molecule has 17 atom stereocenters. The maximum atomic E-state index is 14.7. The summed E-state index contributed by atoms with van der Waals surface area (Å²) in [6.07, 6.45) is -8.39. The van der Waals surface area contributed by atoms with Crippen molar-refractivity contribution in [1.82, 2.24) is 0 Å². The lowest BCUT2D eigenvalue weighted by Gasteiger charge is -2.55. The molecule has 0 radical (unpaired) electrons. The lowest BCUT2D eigenvalue weighted by molar-refractivity contribution is -0.306. The molecule has 0 aromatic heterocycles. The minimum absolute atomic E-state index is 0.0307. The van der Waals surface area contributed by atoms with E-state index in [0.717, 1.165) is 0 Å². The Balaban J connectivity index is 1.03. The first-order chi connectivity index (χ1) is 28.2. The molecule has 8 rings (SSSR count). The zero-order valence-electron chi connectivity index (χ0n) is 34.3. The van der Waals surface area contributed by atoms with Crippen molar-refractivity contribution in [2.24, 2.45) is 0 Å². The lowest BCUT2D eigenvalue weighted by Crippen LogP contribution is -2.71. The van der Waals surface area contributed by atoms with Gasteiger partial charge in [-0.2, -0.15) is 0 Å². The van der Waals surface area contributed by atoms with Crippen LogP contribution in [-0.4, -0.2) is 150 Å². The van der Waals surface area contributed by atoms with Crippen LogP contribution in [-0.2, 0) is 38.0 Å². The van der Waals surface area contributed by atoms with Crippen LogP contribution >= 0.6 is 0 Å². The Labute approximate surface area is 346 Å². The number of aromatic hydroxyl groups is 1. The van der Waals surface area contributed by atoms with E-state index in [1.54, 1.807) is 20.8 Å². The summed E-state index contributed by atoms with van der Waals surface area (Å²) in [5, 5.41) is 76.8. The van der Waals surface area contributed by atoms with E-state index in [1.165, 1.54) is 31.2 Å². The number of allylic oxidation sites excluding steroid dienone is 2. The second-order valence-electron chi connectivity index (χ2n) is 17.9. The molecule has 0 spiro atoms. The summed E-state index contributed by atoms with van der Waals surface area (Å²) in [6, 6.07) is 2.78. The normalized spacial score (nSPS) is 45.9. The van der Waals surface area contributed by atoms with Crippen LogP contribution in [0.15, 0.2) is 35.4 Å². The fraction of sp³-hybridized carbons (Fsp3) is 0.698. The van der Waals surface area contributed by atoms with Crippen molar-refractivity contribution in [2.45, 2.75) is 189 Å². The number of ether oxygens (including phenoxy) is 7. The molecule has 17 nitrogen and oxygen atoms in total. The van der Waals surface area contributed by atoms with Crippen LogP contribution in [0.2, 0.25) is 0 Å². The quantitative estimate of drug-likeness (QED) is 0.205. The average molecular weight is 845 g/mol. The maximum absolute atomic E-state index is 14.7. The molecule has 4 aliphatic heterocycles. The Hall–Kier alpha value is -3.01. The number of hydrogen-bond acceptors (Lipinski definition) is 17. The molecule has 4 saturated heterocycles. The zero-order chi connectivity index (χ0) is 43.2. The molecule has 7 aliphatic rings. The molecule has 5 fully saturated rings. The molecule has 0 bridgehead atoms. The van der Waals surface area contributed by atoms with Crippen LogP contribution in [0.4, 0.5) is 0 Å². The number of benzene rings is 1. The number of carbonyl (C=O) groups is 3. The Bertz CT molecular complexity index is 1930. The van der Waals surface area contributed by atoms with Gasteiger partial charge in [-0.05, 0) is 59.6 Å². The molecule has 1 aromatic carbocycles. The van der Waals surface area contributed by atoms with Crippen LogP contribution in [0.3, 0.4) is 0 Å². The van der Waals surface area contributed by atoms with Gasteiger partial charge in [0.25, 0.3) is 0 Å². The SMILES string of the molecule is C[C@@H]1O[C@@H](O[C@@H]2CC(c3ccc4c(c3O)C(=O)C3=C(C4=O)[C@@]4(O[C@H]5CC[C@H](O)[C@H](C)O5)C(=O)C[C@](C)(O)C[C@@]4(O)C=C3)O[C@H](C)[C@H]2O)CC[C@@H]1O[C@H]1C[C@@H](O)[C@H](O)[C@@H](C)O1. The first kappa shape index (κ1) is 43.6. The van der Waals surface area contributed by atoms with Gasteiger partial charge in [-0.3, -0.25) is 14.4 Å². The summed E-state index contributed by atoms with van der Waals surface area (Å²) in [6.45, 7) is 8.11. The number of hydrogen-bond donors (Lipinski definition) is 7. The fourth-order valence-electron chi connectivity index (χ4n) is 10.1. The summed E-state index contributed by atoms with van der Waals surface area (Å²) in [7, 11) is 0. The first-order valence-corrected chi connectivity index (χ1v) is 20.9. The first-order valence-electron chi connectivity index (χ1n) is 20.9. The van der Waals surface area contributed by atoms with Gasteiger partial charge >= 0.3 is 0 Å². The number of phenols is 1. The summed E-state index contributed by atoms with van der Waals surface area (Å²) >= 11 is 0. The molecule has 4 heterocycles. The number of carbonyl (C=O) groups excluding carboxylic acids is 3. The van der Waals surface area contributed by atoms with E-state index in [4.69, 9.17) is 33.2 Å². The van der Waals surface area contributed by atoms with Crippen LogP contribution in [0.1, 0.15) is 118 Å². The van der Waals surface area contributed by atoms with E-state index in [9.17, 15) is 50.1 Å². The number of aliphatic hydroxyl groups is 6. The van der Waals surface area contributed by atoms with E-state index in [0.29, 0.717) is 12.8 Å². The molecule has 330 valence electrons. The third-order valence-electron chi connectivity index (χ3n) is 13.3. The zero-order valence-corrected chi connectivity index (χ0v) is 34.3. The minimum Gasteiger partial charge on any atom is -0.507 e. The molecular weight excluding hydrogens is 788 g/mol. The lowest BCUT2D eigenvalue weighted by atomic mass is 9.57. The van der Waals surface area contributed by atoms with Crippen LogP contribution in [0.25, 0.3) is 0 Å². The van der Waals surface area contributed by atoms with E-state index in [2.05, 4.69) is 0 Å². The predicted molar refractivity (Wildman–Crippen MR) is 204 cm³/mol. The molecule has 17 heteroatoms.